The third-order valence-corrected chi connectivity index (χ3v) is 14.8. The first-order valence-electron chi connectivity index (χ1n) is 8.36. The second kappa shape index (κ2) is 8.90. The van der Waals surface area contributed by atoms with Crippen LogP contribution in [0.5, 0.6) is 5.75 Å². The molecule has 0 spiro atoms. The Balaban J connectivity index is 1.83. The van der Waals surface area contributed by atoms with Crippen LogP contribution in [0, 0.1) is 6.92 Å². The van der Waals surface area contributed by atoms with Gasteiger partial charge < -0.3 is 0 Å². The second-order valence-corrected chi connectivity index (χ2v) is 18.3. The Morgan fingerprint density at radius 1 is 1.09 bits per heavy atom. The summed E-state index contributed by atoms with van der Waals surface area (Å²) in [4.78, 5) is 0. The first-order valence-corrected chi connectivity index (χ1v) is 16.0. The number of hydrogen-bond donors (Lipinski definition) is 0. The predicted octanol–water partition coefficient (Wildman–Crippen LogP) is 4.63. The van der Waals surface area contributed by atoms with Gasteiger partial charge >= 0.3 is 147 Å². The quantitative estimate of drug-likeness (QED) is 0.457. The number of hydrogen-bond acceptors (Lipinski definition) is 3. The zero-order valence-corrected chi connectivity index (χ0v) is 17.6. The van der Waals surface area contributed by atoms with Gasteiger partial charge in [-0.3, -0.25) is 0 Å². The number of aryl methyl sites for hydroxylation is 2. The van der Waals surface area contributed by atoms with Crippen LogP contribution in [-0.4, -0.2) is 33.1 Å². The van der Waals surface area contributed by atoms with Crippen LogP contribution < -0.4 is 8.45 Å². The van der Waals surface area contributed by atoms with Gasteiger partial charge in [-0.15, -0.1) is 0 Å². The molecule has 0 atom stereocenters. The molecular formula is C19H28GeO2S. The van der Waals surface area contributed by atoms with Crippen LogP contribution in [0.2, 0.25) is 16.8 Å². The van der Waals surface area contributed by atoms with Crippen LogP contribution in [0.25, 0.3) is 0 Å². The Bertz CT molecular complexity index is 590. The van der Waals surface area contributed by atoms with Crippen molar-refractivity contribution in [3.8, 4) is 5.75 Å². The number of benzene rings is 1. The summed E-state index contributed by atoms with van der Waals surface area (Å²) in [6.07, 6.45) is 1.17. The van der Waals surface area contributed by atoms with Crippen LogP contribution in [0.15, 0.2) is 35.7 Å². The molecule has 0 fully saturated rings. The van der Waals surface area contributed by atoms with E-state index in [0.29, 0.717) is 13.2 Å². The van der Waals surface area contributed by atoms with Crippen molar-refractivity contribution in [2.75, 3.05) is 19.8 Å². The topological polar surface area (TPSA) is 18.5 Å². The van der Waals surface area contributed by atoms with E-state index in [2.05, 4.69) is 54.1 Å². The minimum atomic E-state index is -1.85. The van der Waals surface area contributed by atoms with Gasteiger partial charge in [-0.2, -0.15) is 0 Å². The Morgan fingerprint density at radius 3 is 2.43 bits per heavy atom. The van der Waals surface area contributed by atoms with Gasteiger partial charge in [-0.05, 0) is 0 Å². The van der Waals surface area contributed by atoms with Crippen molar-refractivity contribution < 1.29 is 9.47 Å². The monoisotopic (exact) mass is 394 g/mol. The fourth-order valence-electron chi connectivity index (χ4n) is 2.48. The summed E-state index contributed by atoms with van der Waals surface area (Å²) in [5.41, 5.74) is 2.83. The fourth-order valence-corrected chi connectivity index (χ4v) is 10.1. The first kappa shape index (κ1) is 18.6. The zero-order chi connectivity index (χ0) is 16.7. The van der Waals surface area contributed by atoms with E-state index < -0.39 is 13.3 Å². The van der Waals surface area contributed by atoms with Crippen molar-refractivity contribution in [3.63, 3.8) is 0 Å². The molecule has 0 N–H and O–H groups in total. The molecule has 2 rings (SSSR count). The molecule has 23 heavy (non-hydrogen) atoms. The second-order valence-electron chi connectivity index (χ2n) is 6.56. The molecule has 1 heterocycles. The molecule has 126 valence electrons. The Labute approximate surface area is 147 Å². The molecular weight excluding hydrogens is 365 g/mol. The van der Waals surface area contributed by atoms with Gasteiger partial charge in [-0.1, -0.05) is 0 Å². The Hall–Kier alpha value is -0.777. The van der Waals surface area contributed by atoms with Crippen molar-refractivity contribution >= 4 is 28.3 Å². The molecule has 0 aliphatic rings. The van der Waals surface area contributed by atoms with Crippen molar-refractivity contribution in [2.24, 2.45) is 0 Å². The zero-order valence-electron chi connectivity index (χ0n) is 14.7. The normalized spacial score (nSPS) is 11.7. The van der Waals surface area contributed by atoms with E-state index in [1.54, 1.807) is 3.71 Å². The molecule has 2 nitrogen and oxygen atoms in total. The third-order valence-electron chi connectivity index (χ3n) is 4.06. The molecule has 0 amide bonds. The summed E-state index contributed by atoms with van der Waals surface area (Å²) in [5.74, 6) is 5.98. The summed E-state index contributed by atoms with van der Waals surface area (Å²) in [6.45, 7) is 6.21. The van der Waals surface area contributed by atoms with E-state index in [1.165, 1.54) is 22.8 Å². The molecule has 4 heteroatoms. The molecule has 0 aliphatic heterocycles. The summed E-state index contributed by atoms with van der Waals surface area (Å²) in [5, 5.41) is 3.63. The summed E-state index contributed by atoms with van der Waals surface area (Å²) >= 11 is 0.104. The standard InChI is InChI=1S/C19H28GeO2S/c1-5-21-12-13-22-18-8-6-17(7-9-18)10-11-20(3,4)19-14-16(2)15-23-19/h6-9,14-15H,5,10-13H2,1-4H3. The molecule has 2 aromatic rings. The summed E-state index contributed by atoms with van der Waals surface area (Å²) in [6, 6.07) is 11.0. The van der Waals surface area contributed by atoms with Crippen molar-refractivity contribution in [3.05, 3.63) is 46.8 Å². The molecule has 0 radical (unpaired) electrons. The Morgan fingerprint density at radius 2 is 1.83 bits per heavy atom. The number of rotatable bonds is 9. The molecule has 1 aromatic carbocycles. The van der Waals surface area contributed by atoms with Crippen LogP contribution in [0.3, 0.4) is 0 Å². The third kappa shape index (κ3) is 5.98. The van der Waals surface area contributed by atoms with E-state index >= 15 is 0 Å². The molecule has 0 aliphatic carbocycles. The molecule has 0 saturated carbocycles. The van der Waals surface area contributed by atoms with Gasteiger partial charge in [0.2, 0.25) is 0 Å². The van der Waals surface area contributed by atoms with Gasteiger partial charge in [0.05, 0.1) is 0 Å². The minimum absolute atomic E-state index is 0.618. The van der Waals surface area contributed by atoms with Gasteiger partial charge in [0.15, 0.2) is 0 Å². The fraction of sp³-hybridized carbons (Fsp3) is 0.474. The van der Waals surface area contributed by atoms with Crippen LogP contribution in [0.4, 0.5) is 0 Å². The molecule has 0 unspecified atom stereocenters. The maximum atomic E-state index is 5.67. The van der Waals surface area contributed by atoms with Crippen LogP contribution >= 0.6 is 11.3 Å². The van der Waals surface area contributed by atoms with Gasteiger partial charge in [0.1, 0.15) is 0 Å². The molecule has 1 aromatic heterocycles. The SMILES string of the molecule is CCOCCOc1ccc(C[CH2][Ge]([CH3])([CH3])[c]2cc(C)cs2)cc1. The number of thiophene rings is 1. The molecule has 0 saturated heterocycles. The van der Waals surface area contributed by atoms with Crippen molar-refractivity contribution in [1.82, 2.24) is 0 Å². The van der Waals surface area contributed by atoms with E-state index in [1.807, 2.05) is 18.3 Å². The van der Waals surface area contributed by atoms with Crippen LogP contribution in [0.1, 0.15) is 18.1 Å². The first-order chi connectivity index (χ1) is 11.0. The summed E-state index contributed by atoms with van der Waals surface area (Å²) in [7, 11) is 0. The van der Waals surface area contributed by atoms with Crippen molar-refractivity contribution in [1.29, 1.82) is 0 Å². The van der Waals surface area contributed by atoms with Gasteiger partial charge in [0, 0.05) is 0 Å². The van der Waals surface area contributed by atoms with Gasteiger partial charge in [-0.25, -0.2) is 0 Å². The van der Waals surface area contributed by atoms with Crippen molar-refractivity contribution in [2.45, 2.75) is 37.0 Å². The summed E-state index contributed by atoms with van der Waals surface area (Å²) < 4.78 is 12.6. The van der Waals surface area contributed by atoms with E-state index in [0.717, 1.165) is 12.4 Å². The Kier molecular flexibility index (Phi) is 7.18. The average Bonchev–Trinajstić information content (AvgIpc) is 2.98. The van der Waals surface area contributed by atoms with Crippen LogP contribution in [-0.2, 0) is 11.2 Å². The predicted molar refractivity (Wildman–Crippen MR) is 103 cm³/mol. The van der Waals surface area contributed by atoms with E-state index in [9.17, 15) is 0 Å². The molecule has 0 bridgehead atoms. The van der Waals surface area contributed by atoms with Gasteiger partial charge in [0.25, 0.3) is 0 Å². The average molecular weight is 393 g/mol. The number of ether oxygens (including phenoxy) is 2. The van der Waals surface area contributed by atoms with E-state index in [-0.39, 0.29) is 0 Å². The maximum absolute atomic E-state index is 5.67. The van der Waals surface area contributed by atoms with E-state index in [4.69, 9.17) is 9.47 Å².